The molecule has 0 fully saturated rings. The standard InChI is InChI=1S/C21H18N2O4/c1-13-16-9-8-14-5-2-3-7-17(14)20(16)27-19(13)21(25)23-12-18(24)22-11-15-6-4-10-26-15/h2-10H,11-12H2,1H3,(H,22,24)(H,23,25). The number of nitrogens with one attached hydrogen (secondary N) is 2. The summed E-state index contributed by atoms with van der Waals surface area (Å²) < 4.78 is 11.0. The van der Waals surface area contributed by atoms with E-state index in [0.29, 0.717) is 11.3 Å². The Morgan fingerprint density at radius 2 is 1.81 bits per heavy atom. The zero-order valence-electron chi connectivity index (χ0n) is 14.7. The Kier molecular flexibility index (Phi) is 4.38. The quantitative estimate of drug-likeness (QED) is 0.569. The number of carbonyl (C=O) groups excluding carboxylic acids is 2. The summed E-state index contributed by atoms with van der Waals surface area (Å²) in [6.45, 7) is 1.97. The fraction of sp³-hybridized carbons (Fsp3) is 0.143. The van der Waals surface area contributed by atoms with Crippen LogP contribution in [0.15, 0.2) is 63.6 Å². The summed E-state index contributed by atoms with van der Waals surface area (Å²) in [6.07, 6.45) is 1.54. The minimum absolute atomic E-state index is 0.142. The molecule has 4 rings (SSSR count). The maximum absolute atomic E-state index is 12.5. The van der Waals surface area contributed by atoms with Gasteiger partial charge >= 0.3 is 0 Å². The van der Waals surface area contributed by atoms with Crippen LogP contribution in [0.4, 0.5) is 0 Å². The van der Waals surface area contributed by atoms with Gasteiger partial charge in [0.15, 0.2) is 5.76 Å². The maximum atomic E-state index is 12.5. The number of carbonyl (C=O) groups is 2. The van der Waals surface area contributed by atoms with Crippen LogP contribution in [0.3, 0.4) is 0 Å². The van der Waals surface area contributed by atoms with Gasteiger partial charge in [-0.15, -0.1) is 0 Å². The Hall–Kier alpha value is -3.54. The highest BCUT2D eigenvalue weighted by Crippen LogP contribution is 2.31. The van der Waals surface area contributed by atoms with Crippen LogP contribution >= 0.6 is 0 Å². The summed E-state index contributed by atoms with van der Waals surface area (Å²) >= 11 is 0. The van der Waals surface area contributed by atoms with Crippen molar-refractivity contribution in [2.45, 2.75) is 13.5 Å². The summed E-state index contributed by atoms with van der Waals surface area (Å²) in [5, 5.41) is 8.17. The Labute approximate surface area is 155 Å². The Morgan fingerprint density at radius 1 is 0.963 bits per heavy atom. The number of furan rings is 2. The van der Waals surface area contributed by atoms with Gasteiger partial charge in [0.25, 0.3) is 5.91 Å². The van der Waals surface area contributed by atoms with E-state index in [-0.39, 0.29) is 24.8 Å². The minimum Gasteiger partial charge on any atom is -0.467 e. The Bertz CT molecular complexity index is 1130. The van der Waals surface area contributed by atoms with Crippen LogP contribution in [0.25, 0.3) is 21.7 Å². The Balaban J connectivity index is 1.48. The molecule has 0 radical (unpaired) electrons. The number of rotatable bonds is 5. The first-order valence-corrected chi connectivity index (χ1v) is 8.61. The highest BCUT2D eigenvalue weighted by atomic mass is 16.3. The van der Waals surface area contributed by atoms with Crippen LogP contribution < -0.4 is 10.6 Å². The van der Waals surface area contributed by atoms with Crippen molar-refractivity contribution in [3.63, 3.8) is 0 Å². The SMILES string of the molecule is Cc1c(C(=O)NCC(=O)NCc2ccco2)oc2c1ccc1ccccc12. The van der Waals surface area contributed by atoms with Crippen LogP contribution in [0.1, 0.15) is 21.9 Å². The van der Waals surface area contributed by atoms with Crippen LogP contribution in [0, 0.1) is 6.92 Å². The minimum atomic E-state index is -0.416. The van der Waals surface area contributed by atoms with Gasteiger partial charge in [0, 0.05) is 16.3 Å². The molecule has 0 saturated carbocycles. The molecule has 6 heteroatoms. The molecule has 136 valence electrons. The van der Waals surface area contributed by atoms with Crippen molar-refractivity contribution in [1.29, 1.82) is 0 Å². The van der Waals surface area contributed by atoms with Crippen molar-refractivity contribution in [1.82, 2.24) is 10.6 Å². The van der Waals surface area contributed by atoms with Crippen LogP contribution in [-0.4, -0.2) is 18.4 Å². The summed E-state index contributed by atoms with van der Waals surface area (Å²) in [5.41, 5.74) is 1.43. The zero-order chi connectivity index (χ0) is 18.8. The van der Waals surface area contributed by atoms with E-state index in [0.717, 1.165) is 21.7 Å². The van der Waals surface area contributed by atoms with Crippen LogP contribution in [0.5, 0.6) is 0 Å². The van der Waals surface area contributed by atoms with Crippen molar-refractivity contribution < 1.29 is 18.4 Å². The molecule has 27 heavy (non-hydrogen) atoms. The maximum Gasteiger partial charge on any atom is 0.287 e. The highest BCUT2D eigenvalue weighted by molar-refractivity contribution is 6.09. The largest absolute Gasteiger partial charge is 0.467 e. The van der Waals surface area contributed by atoms with Gasteiger partial charge in [-0.05, 0) is 24.4 Å². The van der Waals surface area contributed by atoms with Gasteiger partial charge in [-0.3, -0.25) is 9.59 Å². The zero-order valence-corrected chi connectivity index (χ0v) is 14.7. The van der Waals surface area contributed by atoms with Crippen molar-refractivity contribution in [2.24, 2.45) is 0 Å². The first-order chi connectivity index (χ1) is 13.1. The number of amides is 2. The molecule has 0 spiro atoms. The lowest BCUT2D eigenvalue weighted by Crippen LogP contribution is -2.36. The predicted molar refractivity (Wildman–Crippen MR) is 101 cm³/mol. The lowest BCUT2D eigenvalue weighted by Gasteiger charge is -2.05. The average Bonchev–Trinajstić information content (AvgIpc) is 3.32. The lowest BCUT2D eigenvalue weighted by atomic mass is 10.1. The normalized spacial score (nSPS) is 11.0. The molecule has 0 aliphatic heterocycles. The van der Waals surface area contributed by atoms with Crippen molar-refractivity contribution >= 4 is 33.6 Å². The van der Waals surface area contributed by atoms with E-state index in [1.54, 1.807) is 12.1 Å². The van der Waals surface area contributed by atoms with E-state index in [9.17, 15) is 9.59 Å². The smallest absolute Gasteiger partial charge is 0.287 e. The van der Waals surface area contributed by atoms with Crippen molar-refractivity contribution in [2.75, 3.05) is 6.54 Å². The molecule has 2 aromatic heterocycles. The molecule has 0 aliphatic rings. The molecule has 0 bridgehead atoms. The van der Waals surface area contributed by atoms with Gasteiger partial charge in [0.05, 0.1) is 19.4 Å². The van der Waals surface area contributed by atoms with E-state index in [1.807, 2.05) is 43.3 Å². The highest BCUT2D eigenvalue weighted by Gasteiger charge is 2.19. The first kappa shape index (κ1) is 16.9. The van der Waals surface area contributed by atoms with Crippen molar-refractivity contribution in [3.8, 4) is 0 Å². The van der Waals surface area contributed by atoms with Crippen molar-refractivity contribution in [3.05, 3.63) is 71.9 Å². The molecular weight excluding hydrogens is 344 g/mol. The topological polar surface area (TPSA) is 84.5 Å². The third-order valence-corrected chi connectivity index (χ3v) is 4.48. The van der Waals surface area contributed by atoms with Gasteiger partial charge in [-0.2, -0.15) is 0 Å². The predicted octanol–water partition coefficient (Wildman–Crippen LogP) is 3.53. The summed E-state index contributed by atoms with van der Waals surface area (Å²) in [4.78, 5) is 24.4. The van der Waals surface area contributed by atoms with Crippen LogP contribution in [0.2, 0.25) is 0 Å². The van der Waals surface area contributed by atoms with E-state index in [4.69, 9.17) is 8.83 Å². The third kappa shape index (κ3) is 3.29. The molecule has 0 atom stereocenters. The van der Waals surface area contributed by atoms with Crippen LogP contribution in [-0.2, 0) is 11.3 Å². The number of aryl methyl sites for hydroxylation is 1. The summed E-state index contributed by atoms with van der Waals surface area (Å²) in [5.74, 6) is 0.148. The first-order valence-electron chi connectivity index (χ1n) is 8.61. The summed E-state index contributed by atoms with van der Waals surface area (Å²) in [7, 11) is 0. The second-order valence-electron chi connectivity index (χ2n) is 6.26. The molecule has 6 nitrogen and oxygen atoms in total. The van der Waals surface area contributed by atoms with Gasteiger partial charge in [-0.1, -0.05) is 36.4 Å². The van der Waals surface area contributed by atoms with Gasteiger partial charge in [0.1, 0.15) is 11.3 Å². The number of hydrogen-bond acceptors (Lipinski definition) is 4. The molecule has 2 heterocycles. The van der Waals surface area contributed by atoms with E-state index >= 15 is 0 Å². The lowest BCUT2D eigenvalue weighted by molar-refractivity contribution is -0.120. The van der Waals surface area contributed by atoms with E-state index in [1.165, 1.54) is 6.26 Å². The average molecular weight is 362 g/mol. The van der Waals surface area contributed by atoms with Gasteiger partial charge in [0.2, 0.25) is 5.91 Å². The fourth-order valence-electron chi connectivity index (χ4n) is 3.07. The monoisotopic (exact) mass is 362 g/mol. The second kappa shape index (κ2) is 6.99. The number of fused-ring (bicyclic) bond motifs is 3. The van der Waals surface area contributed by atoms with Gasteiger partial charge in [-0.25, -0.2) is 0 Å². The van der Waals surface area contributed by atoms with E-state index < -0.39 is 5.91 Å². The molecule has 4 aromatic rings. The molecule has 2 N–H and O–H groups in total. The third-order valence-electron chi connectivity index (χ3n) is 4.48. The van der Waals surface area contributed by atoms with Gasteiger partial charge < -0.3 is 19.5 Å². The number of benzene rings is 2. The Morgan fingerprint density at radius 3 is 2.63 bits per heavy atom. The fourth-order valence-corrected chi connectivity index (χ4v) is 3.07. The molecule has 0 unspecified atom stereocenters. The molecule has 0 saturated heterocycles. The molecule has 0 aliphatic carbocycles. The molecule has 2 amide bonds. The summed E-state index contributed by atoms with van der Waals surface area (Å²) in [6, 6.07) is 15.3. The molecular formula is C21H18N2O4. The molecule has 2 aromatic carbocycles. The number of hydrogen-bond donors (Lipinski definition) is 2. The second-order valence-corrected chi connectivity index (χ2v) is 6.26. The van der Waals surface area contributed by atoms with E-state index in [2.05, 4.69) is 10.6 Å².